The van der Waals surface area contributed by atoms with Gasteiger partial charge in [-0.25, -0.2) is 0 Å². The molecular weight excluding hydrogens is 322 g/mol. The van der Waals surface area contributed by atoms with Crippen LogP contribution in [0.25, 0.3) is 0 Å². The summed E-state index contributed by atoms with van der Waals surface area (Å²) in [5.74, 6) is -0.338. The summed E-state index contributed by atoms with van der Waals surface area (Å²) in [6, 6.07) is 5.22. The first kappa shape index (κ1) is 16.5. The van der Waals surface area contributed by atoms with E-state index in [1.54, 1.807) is 18.2 Å². The fraction of sp³-hybridized carbons (Fsp3) is 0.429. The molecule has 1 unspecified atom stereocenters. The molecule has 110 valence electrons. The second-order valence-electron chi connectivity index (χ2n) is 4.61. The van der Waals surface area contributed by atoms with Crippen molar-refractivity contribution in [3.05, 3.63) is 28.2 Å². The normalized spacial score (nSPS) is 11.8. The number of anilines is 1. The lowest BCUT2D eigenvalue weighted by Crippen LogP contribution is -2.35. The smallest absolute Gasteiger partial charge is 0.253 e. The standard InChI is InChI=1S/C14H20BrN3O2/c1-3-9(2)18-13(19)6-7-17-14(20)11-5-4-10(15)8-12(11)16/h4-5,8-9H,3,6-7,16H2,1-2H3,(H,17,20)(H,18,19). The monoisotopic (exact) mass is 341 g/mol. The SMILES string of the molecule is CCC(C)NC(=O)CCNC(=O)c1ccc(Br)cc1N. The number of nitrogen functional groups attached to an aromatic ring is 1. The van der Waals surface area contributed by atoms with Gasteiger partial charge in [0.15, 0.2) is 0 Å². The van der Waals surface area contributed by atoms with E-state index in [4.69, 9.17) is 5.73 Å². The summed E-state index contributed by atoms with van der Waals surface area (Å²) >= 11 is 3.28. The number of amides is 2. The predicted molar refractivity (Wildman–Crippen MR) is 83.4 cm³/mol. The zero-order valence-electron chi connectivity index (χ0n) is 11.7. The van der Waals surface area contributed by atoms with Crippen LogP contribution in [0.3, 0.4) is 0 Å². The Morgan fingerprint density at radius 3 is 2.70 bits per heavy atom. The van der Waals surface area contributed by atoms with Crippen molar-refractivity contribution in [3.8, 4) is 0 Å². The summed E-state index contributed by atoms with van der Waals surface area (Å²) < 4.78 is 0.819. The van der Waals surface area contributed by atoms with Crippen LogP contribution in [0, 0.1) is 0 Å². The van der Waals surface area contributed by atoms with Crippen molar-refractivity contribution in [3.63, 3.8) is 0 Å². The number of nitrogens with two attached hydrogens (primary N) is 1. The van der Waals surface area contributed by atoms with Gasteiger partial charge in [-0.05, 0) is 31.5 Å². The van der Waals surface area contributed by atoms with Crippen LogP contribution in [0.15, 0.2) is 22.7 Å². The van der Waals surface area contributed by atoms with Crippen LogP contribution in [0.1, 0.15) is 37.0 Å². The van der Waals surface area contributed by atoms with E-state index in [0.29, 0.717) is 11.3 Å². The molecule has 0 aromatic heterocycles. The summed E-state index contributed by atoms with van der Waals surface area (Å²) in [7, 11) is 0. The molecule has 1 aromatic rings. The lowest BCUT2D eigenvalue weighted by atomic mass is 10.1. The largest absolute Gasteiger partial charge is 0.398 e. The average Bonchev–Trinajstić information content (AvgIpc) is 2.38. The Balaban J connectivity index is 2.42. The molecule has 0 aliphatic carbocycles. The molecule has 0 fully saturated rings. The minimum Gasteiger partial charge on any atom is -0.398 e. The maximum Gasteiger partial charge on any atom is 0.253 e. The Bertz CT molecular complexity index is 491. The van der Waals surface area contributed by atoms with Crippen molar-refractivity contribution >= 4 is 33.4 Å². The molecule has 0 aliphatic heterocycles. The van der Waals surface area contributed by atoms with E-state index in [-0.39, 0.29) is 30.8 Å². The highest BCUT2D eigenvalue weighted by Gasteiger charge is 2.10. The fourth-order valence-electron chi connectivity index (χ4n) is 1.57. The van der Waals surface area contributed by atoms with Gasteiger partial charge in [-0.15, -0.1) is 0 Å². The third-order valence-corrected chi connectivity index (χ3v) is 3.41. The molecule has 0 aliphatic rings. The molecular formula is C14H20BrN3O2. The van der Waals surface area contributed by atoms with Crippen LogP contribution in [0.2, 0.25) is 0 Å². The van der Waals surface area contributed by atoms with E-state index >= 15 is 0 Å². The van der Waals surface area contributed by atoms with Gasteiger partial charge in [0.05, 0.1) is 5.56 Å². The Labute approximate surface area is 127 Å². The van der Waals surface area contributed by atoms with E-state index in [1.165, 1.54) is 0 Å². The predicted octanol–water partition coefficient (Wildman–Crippen LogP) is 2.07. The molecule has 20 heavy (non-hydrogen) atoms. The Kier molecular flexibility index (Phi) is 6.51. The number of benzene rings is 1. The molecule has 4 N–H and O–H groups in total. The third kappa shape index (κ3) is 5.21. The number of carbonyl (C=O) groups excluding carboxylic acids is 2. The van der Waals surface area contributed by atoms with E-state index < -0.39 is 0 Å². The highest BCUT2D eigenvalue weighted by molar-refractivity contribution is 9.10. The van der Waals surface area contributed by atoms with Gasteiger partial charge >= 0.3 is 0 Å². The number of nitrogens with one attached hydrogen (secondary N) is 2. The van der Waals surface area contributed by atoms with Gasteiger partial charge in [0.25, 0.3) is 5.91 Å². The summed E-state index contributed by atoms with van der Waals surface area (Å²) in [6.45, 7) is 4.23. The molecule has 2 amide bonds. The average molecular weight is 342 g/mol. The van der Waals surface area contributed by atoms with Crippen LogP contribution in [-0.2, 0) is 4.79 Å². The van der Waals surface area contributed by atoms with Gasteiger partial charge in [0, 0.05) is 29.2 Å². The van der Waals surface area contributed by atoms with Crippen molar-refractivity contribution < 1.29 is 9.59 Å². The van der Waals surface area contributed by atoms with Crippen LogP contribution >= 0.6 is 15.9 Å². The first-order valence-corrected chi connectivity index (χ1v) is 7.36. The van der Waals surface area contributed by atoms with E-state index in [0.717, 1.165) is 10.9 Å². The number of halogens is 1. The maximum atomic E-state index is 11.9. The second kappa shape index (κ2) is 7.89. The number of rotatable bonds is 6. The zero-order valence-corrected chi connectivity index (χ0v) is 13.3. The van der Waals surface area contributed by atoms with Crippen LogP contribution in [-0.4, -0.2) is 24.4 Å². The summed E-state index contributed by atoms with van der Waals surface area (Å²) in [5, 5.41) is 5.53. The first-order valence-electron chi connectivity index (χ1n) is 6.56. The molecule has 0 spiro atoms. The molecule has 6 heteroatoms. The third-order valence-electron chi connectivity index (χ3n) is 2.92. The van der Waals surface area contributed by atoms with E-state index in [2.05, 4.69) is 26.6 Å². The van der Waals surface area contributed by atoms with Gasteiger partial charge in [-0.2, -0.15) is 0 Å². The molecule has 0 radical (unpaired) electrons. The highest BCUT2D eigenvalue weighted by Crippen LogP contribution is 2.18. The van der Waals surface area contributed by atoms with Gasteiger partial charge in [0.1, 0.15) is 0 Å². The Morgan fingerprint density at radius 2 is 2.10 bits per heavy atom. The van der Waals surface area contributed by atoms with Gasteiger partial charge in [-0.1, -0.05) is 22.9 Å². The quantitative estimate of drug-likeness (QED) is 0.692. The van der Waals surface area contributed by atoms with Crippen molar-refractivity contribution in [2.75, 3.05) is 12.3 Å². The Hall–Kier alpha value is -1.56. The summed E-state index contributed by atoms with van der Waals surface area (Å²) in [6.07, 6.45) is 1.14. The van der Waals surface area contributed by atoms with Crippen molar-refractivity contribution in [2.45, 2.75) is 32.7 Å². The molecule has 0 saturated heterocycles. The van der Waals surface area contributed by atoms with Crippen LogP contribution in [0.5, 0.6) is 0 Å². The van der Waals surface area contributed by atoms with E-state index in [9.17, 15) is 9.59 Å². The molecule has 0 heterocycles. The number of hydrogen-bond acceptors (Lipinski definition) is 3. The molecule has 0 bridgehead atoms. The first-order chi connectivity index (χ1) is 9.43. The number of hydrogen-bond donors (Lipinski definition) is 3. The van der Waals surface area contributed by atoms with Crippen molar-refractivity contribution in [2.24, 2.45) is 0 Å². The number of carbonyl (C=O) groups is 2. The molecule has 1 aromatic carbocycles. The summed E-state index contributed by atoms with van der Waals surface area (Å²) in [4.78, 5) is 23.4. The van der Waals surface area contributed by atoms with Crippen LogP contribution in [0.4, 0.5) is 5.69 Å². The van der Waals surface area contributed by atoms with Gasteiger partial charge in [0.2, 0.25) is 5.91 Å². The van der Waals surface area contributed by atoms with Crippen molar-refractivity contribution in [1.82, 2.24) is 10.6 Å². The van der Waals surface area contributed by atoms with Gasteiger partial charge < -0.3 is 16.4 Å². The molecule has 1 atom stereocenters. The Morgan fingerprint density at radius 1 is 1.40 bits per heavy atom. The highest BCUT2D eigenvalue weighted by atomic mass is 79.9. The van der Waals surface area contributed by atoms with Crippen molar-refractivity contribution in [1.29, 1.82) is 0 Å². The van der Waals surface area contributed by atoms with Gasteiger partial charge in [-0.3, -0.25) is 9.59 Å². The minimum atomic E-state index is -0.272. The summed E-state index contributed by atoms with van der Waals surface area (Å²) in [5.41, 5.74) is 6.58. The lowest BCUT2D eigenvalue weighted by Gasteiger charge is -2.12. The fourth-order valence-corrected chi connectivity index (χ4v) is 1.95. The topological polar surface area (TPSA) is 84.2 Å². The zero-order chi connectivity index (χ0) is 15.1. The lowest BCUT2D eigenvalue weighted by molar-refractivity contribution is -0.121. The maximum absolute atomic E-state index is 11.9. The van der Waals surface area contributed by atoms with E-state index in [1.807, 2.05) is 13.8 Å². The second-order valence-corrected chi connectivity index (χ2v) is 5.53. The molecule has 1 rings (SSSR count). The van der Waals surface area contributed by atoms with Crippen LogP contribution < -0.4 is 16.4 Å². The minimum absolute atomic E-state index is 0.0663. The molecule has 0 saturated carbocycles. The molecule has 5 nitrogen and oxygen atoms in total.